The fourth-order valence-corrected chi connectivity index (χ4v) is 1.74. The van der Waals surface area contributed by atoms with Crippen molar-refractivity contribution in [3.63, 3.8) is 0 Å². The van der Waals surface area contributed by atoms with Crippen molar-refractivity contribution in [1.29, 1.82) is 0 Å². The van der Waals surface area contributed by atoms with Crippen LogP contribution >= 0.6 is 0 Å². The number of ether oxygens (including phenoxy) is 3. The Hall–Kier alpha value is -1.75. The zero-order chi connectivity index (χ0) is 14.3. The van der Waals surface area contributed by atoms with Crippen LogP contribution in [0.4, 0.5) is 0 Å². The lowest BCUT2D eigenvalue weighted by molar-refractivity contribution is 0.0947. The molecule has 0 aliphatic rings. The highest BCUT2D eigenvalue weighted by molar-refractivity contribution is 5.96. The molecule has 1 N–H and O–H groups in total. The molecule has 0 heterocycles. The Bertz CT molecular complexity index is 432. The van der Waals surface area contributed by atoms with Crippen LogP contribution in [0.25, 0.3) is 0 Å². The van der Waals surface area contributed by atoms with Gasteiger partial charge in [-0.05, 0) is 31.0 Å². The Balaban J connectivity index is 2.79. The predicted octanol–water partition coefficient (Wildman–Crippen LogP) is 1.78. The molecule has 106 valence electrons. The smallest absolute Gasteiger partial charge is 0.251 e. The maximum Gasteiger partial charge on any atom is 0.251 e. The maximum absolute atomic E-state index is 12.0. The highest BCUT2D eigenvalue weighted by Gasteiger charge is 2.13. The number of aryl methyl sites for hydroxylation is 1. The monoisotopic (exact) mass is 267 g/mol. The number of methoxy groups -OCH3 is 3. The second-order valence-corrected chi connectivity index (χ2v) is 4.12. The number of hydrogen-bond acceptors (Lipinski definition) is 4. The van der Waals surface area contributed by atoms with Crippen LogP contribution in [0.15, 0.2) is 12.1 Å². The summed E-state index contributed by atoms with van der Waals surface area (Å²) < 4.78 is 15.3. The van der Waals surface area contributed by atoms with E-state index in [9.17, 15) is 4.79 Å². The Morgan fingerprint density at radius 3 is 2.37 bits per heavy atom. The summed E-state index contributed by atoms with van der Waals surface area (Å²) in [5, 5.41) is 2.85. The average molecular weight is 267 g/mol. The van der Waals surface area contributed by atoms with Gasteiger partial charge in [-0.1, -0.05) is 0 Å². The van der Waals surface area contributed by atoms with Crippen molar-refractivity contribution in [2.75, 3.05) is 34.5 Å². The zero-order valence-corrected chi connectivity index (χ0v) is 11.9. The largest absolute Gasteiger partial charge is 0.493 e. The van der Waals surface area contributed by atoms with E-state index in [1.807, 2.05) is 6.92 Å². The highest BCUT2D eigenvalue weighted by Crippen LogP contribution is 2.30. The normalized spacial score (nSPS) is 10.1. The molecule has 0 spiro atoms. The van der Waals surface area contributed by atoms with Crippen LogP contribution in [0.5, 0.6) is 11.5 Å². The molecule has 1 aromatic carbocycles. The Morgan fingerprint density at radius 2 is 1.79 bits per heavy atom. The molecule has 5 nitrogen and oxygen atoms in total. The van der Waals surface area contributed by atoms with E-state index in [4.69, 9.17) is 14.2 Å². The van der Waals surface area contributed by atoms with E-state index in [1.54, 1.807) is 33.5 Å². The Morgan fingerprint density at radius 1 is 1.16 bits per heavy atom. The summed E-state index contributed by atoms with van der Waals surface area (Å²) >= 11 is 0. The van der Waals surface area contributed by atoms with Gasteiger partial charge in [-0.3, -0.25) is 4.79 Å². The fourth-order valence-electron chi connectivity index (χ4n) is 1.74. The van der Waals surface area contributed by atoms with E-state index in [1.165, 1.54) is 0 Å². The number of rotatable bonds is 7. The molecule has 0 aliphatic heterocycles. The maximum atomic E-state index is 12.0. The van der Waals surface area contributed by atoms with Gasteiger partial charge in [-0.15, -0.1) is 0 Å². The minimum Gasteiger partial charge on any atom is -0.493 e. The van der Waals surface area contributed by atoms with Gasteiger partial charge in [0.2, 0.25) is 0 Å². The molecule has 0 atom stereocenters. The molecule has 1 aromatic rings. The van der Waals surface area contributed by atoms with Gasteiger partial charge in [-0.2, -0.15) is 0 Å². The minimum atomic E-state index is -0.116. The number of nitrogens with one attached hydrogen (secondary N) is 1. The minimum absolute atomic E-state index is 0.116. The standard InChI is InChI=1S/C14H21NO4/c1-10-8-12(18-3)13(19-4)9-11(10)14(16)15-6-5-7-17-2/h8-9H,5-7H2,1-4H3,(H,15,16). The van der Waals surface area contributed by atoms with Crippen LogP contribution in [0.2, 0.25) is 0 Å². The van der Waals surface area contributed by atoms with Gasteiger partial charge in [0, 0.05) is 25.8 Å². The Labute approximate surface area is 113 Å². The van der Waals surface area contributed by atoms with Gasteiger partial charge in [0.05, 0.1) is 14.2 Å². The molecule has 5 heteroatoms. The van der Waals surface area contributed by atoms with Crippen molar-refractivity contribution in [3.8, 4) is 11.5 Å². The topological polar surface area (TPSA) is 56.8 Å². The summed E-state index contributed by atoms with van der Waals surface area (Å²) in [6.45, 7) is 3.08. The zero-order valence-electron chi connectivity index (χ0n) is 11.9. The van der Waals surface area contributed by atoms with Crippen molar-refractivity contribution in [2.24, 2.45) is 0 Å². The van der Waals surface area contributed by atoms with Crippen LogP contribution in [0, 0.1) is 6.92 Å². The third-order valence-electron chi connectivity index (χ3n) is 2.79. The van der Waals surface area contributed by atoms with Crippen molar-refractivity contribution in [1.82, 2.24) is 5.32 Å². The molecule has 0 saturated carbocycles. The first-order chi connectivity index (χ1) is 9.13. The molecule has 0 aliphatic carbocycles. The van der Waals surface area contributed by atoms with Gasteiger partial charge in [0.1, 0.15) is 0 Å². The molecule has 0 radical (unpaired) electrons. The summed E-state index contributed by atoms with van der Waals surface area (Å²) in [6.07, 6.45) is 0.786. The summed E-state index contributed by atoms with van der Waals surface area (Å²) in [7, 11) is 4.76. The molecule has 0 saturated heterocycles. The molecule has 1 rings (SSSR count). The molecule has 0 bridgehead atoms. The van der Waals surface area contributed by atoms with Crippen LogP contribution in [0.3, 0.4) is 0 Å². The fraction of sp³-hybridized carbons (Fsp3) is 0.500. The van der Waals surface area contributed by atoms with Gasteiger partial charge in [0.25, 0.3) is 5.91 Å². The SMILES string of the molecule is COCCCNC(=O)c1cc(OC)c(OC)cc1C. The summed E-state index contributed by atoms with van der Waals surface area (Å²) in [4.78, 5) is 12.0. The van der Waals surface area contributed by atoms with Crippen LogP contribution < -0.4 is 14.8 Å². The second kappa shape index (κ2) is 7.63. The molecule has 19 heavy (non-hydrogen) atoms. The predicted molar refractivity (Wildman–Crippen MR) is 73.1 cm³/mol. The molecular formula is C14H21NO4. The lowest BCUT2D eigenvalue weighted by Gasteiger charge is -2.12. The number of carbonyl (C=O) groups excluding carboxylic acids is 1. The van der Waals surface area contributed by atoms with Gasteiger partial charge >= 0.3 is 0 Å². The first-order valence-corrected chi connectivity index (χ1v) is 6.13. The first kappa shape index (κ1) is 15.3. The third-order valence-corrected chi connectivity index (χ3v) is 2.79. The summed E-state index contributed by atoms with van der Waals surface area (Å²) in [5.74, 6) is 1.06. The molecule has 0 unspecified atom stereocenters. The molecule has 0 fully saturated rings. The van der Waals surface area contributed by atoms with E-state index in [0.717, 1.165) is 12.0 Å². The highest BCUT2D eigenvalue weighted by atomic mass is 16.5. The third kappa shape index (κ3) is 4.13. The van der Waals surface area contributed by atoms with E-state index in [0.29, 0.717) is 30.2 Å². The summed E-state index contributed by atoms with van der Waals surface area (Å²) in [6, 6.07) is 3.49. The number of benzene rings is 1. The van der Waals surface area contributed by atoms with Gasteiger partial charge in [-0.25, -0.2) is 0 Å². The summed E-state index contributed by atoms with van der Waals surface area (Å²) in [5.41, 5.74) is 1.44. The second-order valence-electron chi connectivity index (χ2n) is 4.12. The van der Waals surface area contributed by atoms with Gasteiger partial charge in [0.15, 0.2) is 11.5 Å². The van der Waals surface area contributed by atoms with E-state index in [-0.39, 0.29) is 5.91 Å². The van der Waals surface area contributed by atoms with E-state index < -0.39 is 0 Å². The molecule has 0 aromatic heterocycles. The number of carbonyl (C=O) groups is 1. The average Bonchev–Trinajstić information content (AvgIpc) is 2.42. The van der Waals surface area contributed by atoms with Crippen LogP contribution in [-0.2, 0) is 4.74 Å². The van der Waals surface area contributed by atoms with Crippen molar-refractivity contribution in [3.05, 3.63) is 23.3 Å². The van der Waals surface area contributed by atoms with Gasteiger partial charge < -0.3 is 19.5 Å². The van der Waals surface area contributed by atoms with Crippen LogP contribution in [0.1, 0.15) is 22.3 Å². The lowest BCUT2D eigenvalue weighted by Crippen LogP contribution is -2.26. The van der Waals surface area contributed by atoms with Crippen molar-refractivity contribution in [2.45, 2.75) is 13.3 Å². The lowest BCUT2D eigenvalue weighted by atomic mass is 10.1. The van der Waals surface area contributed by atoms with Crippen molar-refractivity contribution < 1.29 is 19.0 Å². The quantitative estimate of drug-likeness (QED) is 0.765. The molecule has 1 amide bonds. The van der Waals surface area contributed by atoms with Crippen LogP contribution in [-0.4, -0.2) is 40.4 Å². The van der Waals surface area contributed by atoms with E-state index >= 15 is 0 Å². The Kier molecular flexibility index (Phi) is 6.15. The number of amides is 1. The molecular weight excluding hydrogens is 246 g/mol. The van der Waals surface area contributed by atoms with Crippen molar-refractivity contribution >= 4 is 5.91 Å². The van der Waals surface area contributed by atoms with E-state index in [2.05, 4.69) is 5.32 Å². The number of hydrogen-bond donors (Lipinski definition) is 1. The first-order valence-electron chi connectivity index (χ1n) is 6.13.